The van der Waals surface area contributed by atoms with E-state index in [1.54, 1.807) is 43.7 Å². The third kappa shape index (κ3) is 7.52. The molecule has 6 heterocycles. The number of nitrogens with one attached hydrogen (secondary N) is 3. The van der Waals surface area contributed by atoms with Crippen molar-refractivity contribution in [3.8, 4) is 17.0 Å². The highest BCUT2D eigenvalue weighted by atomic mass is 32.2. The lowest BCUT2D eigenvalue weighted by atomic mass is 9.88. The van der Waals surface area contributed by atoms with Crippen LogP contribution in [0.5, 0.6) is 5.75 Å². The van der Waals surface area contributed by atoms with Crippen LogP contribution in [0, 0.1) is 11.6 Å². The van der Waals surface area contributed by atoms with E-state index in [1.165, 1.54) is 38.6 Å². The Morgan fingerprint density at radius 1 is 1.00 bits per heavy atom. The predicted octanol–water partition coefficient (Wildman–Crippen LogP) is 5.87. The Balaban J connectivity index is 0.866. The average molecular weight is 851 g/mol. The number of rotatable bonds is 11. The first kappa shape index (κ1) is 39.6. The summed E-state index contributed by atoms with van der Waals surface area (Å²) in [6.45, 7) is 5.65. The molecule has 0 radical (unpaired) electrons. The molecule has 7 aromatic rings. The molecule has 2 fully saturated rings. The van der Waals surface area contributed by atoms with E-state index in [0.29, 0.717) is 71.9 Å². The summed E-state index contributed by atoms with van der Waals surface area (Å²) in [6, 6.07) is 13.2. The maximum Gasteiger partial charge on any atom is 0.329 e. The molecule has 2 saturated heterocycles. The van der Waals surface area contributed by atoms with Crippen LogP contribution in [0.3, 0.4) is 0 Å². The molecule has 61 heavy (non-hydrogen) atoms. The van der Waals surface area contributed by atoms with Crippen molar-refractivity contribution in [3.63, 3.8) is 0 Å². The predicted molar refractivity (Wildman–Crippen MR) is 219 cm³/mol. The molecule has 9 rings (SSSR count). The van der Waals surface area contributed by atoms with Crippen molar-refractivity contribution < 1.29 is 31.5 Å². The summed E-state index contributed by atoms with van der Waals surface area (Å²) < 4.78 is 68.2. The summed E-state index contributed by atoms with van der Waals surface area (Å²) in [5.74, 6) is -0.921. The zero-order chi connectivity index (χ0) is 42.6. The molecule has 0 aliphatic carbocycles. The quantitative estimate of drug-likeness (QED) is 0.140. The van der Waals surface area contributed by atoms with Crippen molar-refractivity contribution in [3.05, 3.63) is 96.1 Å². The highest BCUT2D eigenvalue weighted by Crippen LogP contribution is 2.37. The molecule has 0 unspecified atom stereocenters. The molecule has 2 aliphatic heterocycles. The molecule has 0 saturated carbocycles. The Hall–Kier alpha value is -6.80. The number of hydrogen-bond donors (Lipinski definition) is 3. The van der Waals surface area contributed by atoms with Gasteiger partial charge in [-0.25, -0.2) is 27.0 Å². The van der Waals surface area contributed by atoms with Gasteiger partial charge in [0.25, 0.3) is 0 Å². The Kier molecular flexibility index (Phi) is 10.2. The van der Waals surface area contributed by atoms with Crippen molar-refractivity contribution in [2.75, 3.05) is 29.9 Å². The van der Waals surface area contributed by atoms with Gasteiger partial charge in [-0.1, -0.05) is 18.2 Å². The van der Waals surface area contributed by atoms with Gasteiger partial charge in [0.2, 0.25) is 27.3 Å². The van der Waals surface area contributed by atoms with Gasteiger partial charge in [-0.3, -0.25) is 29.7 Å². The first-order valence-corrected chi connectivity index (χ1v) is 21.1. The number of urea groups is 1. The number of carbonyl (C=O) groups excluding carboxylic acids is 2. The van der Waals surface area contributed by atoms with E-state index in [-0.39, 0.29) is 63.7 Å². The number of ether oxygens (including phenoxy) is 1. The number of amides is 3. The number of nitrogens with zero attached hydrogens (tertiary/aromatic N) is 9. The maximum absolute atomic E-state index is 16.1. The number of aromatic nitrogens is 8. The number of anilines is 3. The Bertz CT molecular complexity index is 2940. The van der Waals surface area contributed by atoms with Crippen LogP contribution in [-0.4, -0.2) is 90.6 Å². The molecule has 4 aromatic heterocycles. The Labute approximate surface area is 347 Å². The topological polar surface area (TPSA) is 198 Å². The number of sulfone groups is 1. The molecular formula is C41H40F2N12O5S. The Morgan fingerprint density at radius 2 is 1.80 bits per heavy atom. The van der Waals surface area contributed by atoms with Crippen molar-refractivity contribution in [2.45, 2.75) is 61.5 Å². The van der Waals surface area contributed by atoms with Gasteiger partial charge in [-0.2, -0.15) is 19.7 Å². The smallest absolute Gasteiger partial charge is 0.329 e. The monoisotopic (exact) mass is 850 g/mol. The van der Waals surface area contributed by atoms with Gasteiger partial charge in [-0.05, 0) is 93.2 Å². The van der Waals surface area contributed by atoms with Crippen LogP contribution in [0.1, 0.15) is 50.2 Å². The van der Waals surface area contributed by atoms with E-state index in [9.17, 15) is 18.0 Å². The van der Waals surface area contributed by atoms with Crippen molar-refractivity contribution in [1.29, 1.82) is 0 Å². The van der Waals surface area contributed by atoms with Crippen LogP contribution in [-0.2, 0) is 28.2 Å². The lowest BCUT2D eigenvalue weighted by Gasteiger charge is -2.32. The number of piperidine rings is 1. The molecule has 2 aliphatic rings. The summed E-state index contributed by atoms with van der Waals surface area (Å²) in [6.07, 6.45) is 5.99. The summed E-state index contributed by atoms with van der Waals surface area (Å²) in [4.78, 5) is 36.5. The molecule has 0 bridgehead atoms. The molecule has 314 valence electrons. The highest BCUT2D eigenvalue weighted by molar-refractivity contribution is 7.91. The molecule has 17 nitrogen and oxygen atoms in total. The average Bonchev–Trinajstić information content (AvgIpc) is 3.99. The van der Waals surface area contributed by atoms with Crippen LogP contribution in [0.15, 0.2) is 83.1 Å². The minimum atomic E-state index is -4.10. The van der Waals surface area contributed by atoms with E-state index >= 15 is 8.78 Å². The molecule has 0 spiro atoms. The van der Waals surface area contributed by atoms with E-state index < -0.39 is 21.7 Å². The number of aryl methyl sites for hydroxylation is 1. The molecule has 3 N–H and O–H groups in total. The summed E-state index contributed by atoms with van der Waals surface area (Å²) >= 11 is 0. The van der Waals surface area contributed by atoms with Crippen molar-refractivity contribution in [2.24, 2.45) is 7.05 Å². The van der Waals surface area contributed by atoms with E-state index in [2.05, 4.69) is 45.9 Å². The minimum absolute atomic E-state index is 0.0279. The number of aromatic amines is 1. The number of likely N-dealkylation sites (tertiary alicyclic amines) is 1. The number of halogens is 2. The first-order chi connectivity index (χ1) is 29.3. The SMILES string of the molecule is CC(C)Oc1c(-c2cn[nH]c2)ncn2nc(Nc3ccc(S(=O)(=O)c4cccc(CN5CCC(c6ccc7c(N8CCC(=O)NC8=O)nn(C)c7c6F)CC5)c4)cc3F)nc12. The standard InChI is InChI=1S/C41H40F2N12O5S/c1-23(2)60-37-35(26-19-45-46-20-26)44-22-55-39(37)49-40(51-55)47-32-10-7-28(18-31(32)42)61(58,59)27-6-4-5-24(17-27)21-53-14-11-25(12-15-53)29-8-9-30-36(34(29)43)52(3)50-38(30)54-16-13-33(56)48-41(54)57/h4-10,17-20,22-23,25H,11-16,21H2,1-3H3,(H,45,46)(H,47,51)(H,48,56,57). The van der Waals surface area contributed by atoms with Crippen molar-refractivity contribution >= 4 is 55.8 Å². The number of imide groups is 1. The fourth-order valence-corrected chi connectivity index (χ4v) is 9.26. The van der Waals surface area contributed by atoms with E-state index in [1.807, 2.05) is 19.9 Å². The second-order valence-electron chi connectivity index (χ2n) is 15.3. The number of H-pyrrole nitrogens is 1. The number of benzene rings is 3. The van der Waals surface area contributed by atoms with E-state index in [0.717, 1.165) is 11.6 Å². The summed E-state index contributed by atoms with van der Waals surface area (Å²) in [5, 5.41) is 21.2. The molecule has 20 heteroatoms. The lowest BCUT2D eigenvalue weighted by Crippen LogP contribution is -2.49. The van der Waals surface area contributed by atoms with Gasteiger partial charge >= 0.3 is 6.03 Å². The fourth-order valence-electron chi connectivity index (χ4n) is 7.91. The molecular weight excluding hydrogens is 811 g/mol. The van der Waals surface area contributed by atoms with Gasteiger partial charge in [-0.15, -0.1) is 5.10 Å². The second kappa shape index (κ2) is 15.7. The minimum Gasteiger partial charge on any atom is -0.485 e. The number of carbonyl (C=O) groups is 2. The number of fused-ring (bicyclic) bond motifs is 2. The van der Waals surface area contributed by atoms with Crippen LogP contribution in [0.4, 0.5) is 31.0 Å². The molecule has 0 atom stereocenters. The summed E-state index contributed by atoms with van der Waals surface area (Å²) in [5.41, 5.74) is 3.11. The second-order valence-corrected chi connectivity index (χ2v) is 17.3. The third-order valence-corrected chi connectivity index (χ3v) is 12.6. The van der Waals surface area contributed by atoms with Crippen LogP contribution < -0.4 is 20.3 Å². The van der Waals surface area contributed by atoms with Crippen LogP contribution in [0.2, 0.25) is 0 Å². The van der Waals surface area contributed by atoms with Crippen LogP contribution in [0.25, 0.3) is 27.8 Å². The number of hydrogen-bond acceptors (Lipinski definition) is 12. The van der Waals surface area contributed by atoms with Gasteiger partial charge in [0, 0.05) is 43.7 Å². The normalized spacial score (nSPS) is 15.6. The molecule has 3 aromatic carbocycles. The maximum atomic E-state index is 16.1. The fraction of sp³-hybridized carbons (Fsp3) is 0.293. The lowest BCUT2D eigenvalue weighted by molar-refractivity contribution is -0.120. The third-order valence-electron chi connectivity index (χ3n) is 10.9. The largest absolute Gasteiger partial charge is 0.485 e. The molecule has 3 amide bonds. The zero-order valence-electron chi connectivity index (χ0n) is 33.3. The Morgan fingerprint density at radius 3 is 2.54 bits per heavy atom. The van der Waals surface area contributed by atoms with E-state index in [4.69, 9.17) is 4.74 Å². The van der Waals surface area contributed by atoms with Crippen LogP contribution >= 0.6 is 0 Å². The van der Waals surface area contributed by atoms with Gasteiger partial charge in [0.05, 0.1) is 27.8 Å². The van der Waals surface area contributed by atoms with Gasteiger partial charge in [0.1, 0.15) is 23.4 Å². The van der Waals surface area contributed by atoms with Gasteiger partial charge in [0.15, 0.2) is 17.4 Å². The summed E-state index contributed by atoms with van der Waals surface area (Å²) in [7, 11) is -2.47. The highest BCUT2D eigenvalue weighted by Gasteiger charge is 2.31. The van der Waals surface area contributed by atoms with Crippen molar-refractivity contribution in [1.82, 2.24) is 49.8 Å². The zero-order valence-corrected chi connectivity index (χ0v) is 34.1. The van der Waals surface area contributed by atoms with Gasteiger partial charge < -0.3 is 10.1 Å². The first-order valence-electron chi connectivity index (χ1n) is 19.6.